The van der Waals surface area contributed by atoms with Crippen molar-refractivity contribution in [1.82, 2.24) is 20.2 Å². The van der Waals surface area contributed by atoms with Gasteiger partial charge in [-0.1, -0.05) is 13.8 Å². The van der Waals surface area contributed by atoms with Crippen molar-refractivity contribution >= 4 is 17.7 Å². The molecule has 130 valence electrons. The summed E-state index contributed by atoms with van der Waals surface area (Å²) < 4.78 is 2.54. The van der Waals surface area contributed by atoms with Gasteiger partial charge in [0.05, 0.1) is 0 Å². The maximum absolute atomic E-state index is 4.72. The van der Waals surface area contributed by atoms with Gasteiger partial charge >= 0.3 is 0 Å². The monoisotopic (exact) mass is 337 g/mol. The third-order valence-corrected chi connectivity index (χ3v) is 5.55. The molecule has 6 heteroatoms. The van der Waals surface area contributed by atoms with E-state index in [-0.39, 0.29) is 0 Å². The van der Waals surface area contributed by atoms with Gasteiger partial charge in [0.2, 0.25) is 0 Å². The molecule has 1 fully saturated rings. The maximum Gasteiger partial charge on any atom is 0.191 e. The molecule has 23 heavy (non-hydrogen) atoms. The van der Waals surface area contributed by atoms with Gasteiger partial charge in [-0.15, -0.1) is 0 Å². The zero-order valence-corrected chi connectivity index (χ0v) is 15.7. The molecule has 0 spiro atoms. The molecule has 1 unspecified atom stereocenters. The minimum Gasteiger partial charge on any atom is -0.357 e. The Morgan fingerprint density at radius 2 is 2.30 bits per heavy atom. The quantitative estimate of drug-likeness (QED) is 0.593. The highest BCUT2D eigenvalue weighted by atomic mass is 32.2. The molecular formula is C17H31N5S. The van der Waals surface area contributed by atoms with Crippen LogP contribution in [0.15, 0.2) is 17.4 Å². The van der Waals surface area contributed by atoms with Gasteiger partial charge in [0, 0.05) is 36.8 Å². The molecular weight excluding hydrogens is 306 g/mol. The van der Waals surface area contributed by atoms with E-state index in [1.807, 2.05) is 12.4 Å². The van der Waals surface area contributed by atoms with Crippen LogP contribution in [0.1, 0.15) is 46.4 Å². The Kier molecular flexibility index (Phi) is 6.81. The molecule has 1 aliphatic rings. The zero-order valence-electron chi connectivity index (χ0n) is 14.9. The van der Waals surface area contributed by atoms with Gasteiger partial charge in [0.15, 0.2) is 5.96 Å². The topological polar surface area (TPSA) is 54.2 Å². The first kappa shape index (κ1) is 18.2. The first-order valence-electron chi connectivity index (χ1n) is 8.68. The average Bonchev–Trinajstić information content (AvgIpc) is 3.11. The molecule has 1 aromatic rings. The lowest BCUT2D eigenvalue weighted by molar-refractivity contribution is 0.507. The van der Waals surface area contributed by atoms with E-state index in [1.54, 1.807) is 0 Å². The largest absolute Gasteiger partial charge is 0.357 e. The smallest absolute Gasteiger partial charge is 0.191 e. The molecule has 1 aromatic heterocycles. The highest BCUT2D eigenvalue weighted by Crippen LogP contribution is 2.36. The van der Waals surface area contributed by atoms with E-state index in [9.17, 15) is 0 Å². The van der Waals surface area contributed by atoms with Crippen LogP contribution in [0.3, 0.4) is 0 Å². The van der Waals surface area contributed by atoms with Gasteiger partial charge in [-0.25, -0.2) is 9.98 Å². The van der Waals surface area contributed by atoms with Crippen LogP contribution in [0.25, 0.3) is 0 Å². The number of aliphatic imine (C=N–C) groups is 1. The van der Waals surface area contributed by atoms with E-state index in [1.165, 1.54) is 18.6 Å². The Hall–Kier alpha value is -1.17. The predicted octanol–water partition coefficient (Wildman–Crippen LogP) is 2.88. The van der Waals surface area contributed by atoms with Crippen molar-refractivity contribution in [3.05, 3.63) is 18.2 Å². The van der Waals surface area contributed by atoms with E-state index in [4.69, 9.17) is 4.99 Å². The van der Waals surface area contributed by atoms with E-state index in [0.29, 0.717) is 17.2 Å². The molecule has 0 saturated carbocycles. The second kappa shape index (κ2) is 8.62. The number of aromatic nitrogens is 2. The van der Waals surface area contributed by atoms with Gasteiger partial charge in [-0.05, 0) is 38.4 Å². The van der Waals surface area contributed by atoms with Crippen LogP contribution in [-0.2, 0) is 13.1 Å². The molecule has 0 aromatic carbocycles. The molecule has 1 aliphatic heterocycles. The number of hydrogen-bond acceptors (Lipinski definition) is 3. The first-order chi connectivity index (χ1) is 11.0. The van der Waals surface area contributed by atoms with Gasteiger partial charge in [0.1, 0.15) is 12.4 Å². The van der Waals surface area contributed by atoms with E-state index in [0.717, 1.165) is 31.4 Å². The number of nitrogens with one attached hydrogen (secondary N) is 2. The van der Waals surface area contributed by atoms with E-state index < -0.39 is 0 Å². The van der Waals surface area contributed by atoms with Crippen molar-refractivity contribution in [2.45, 2.75) is 58.4 Å². The lowest BCUT2D eigenvalue weighted by Crippen LogP contribution is -2.43. The number of imidazole rings is 1. The second-order valence-electron chi connectivity index (χ2n) is 6.84. The van der Waals surface area contributed by atoms with Crippen molar-refractivity contribution in [2.24, 2.45) is 10.9 Å². The van der Waals surface area contributed by atoms with Crippen molar-refractivity contribution in [2.75, 3.05) is 18.8 Å². The summed E-state index contributed by atoms with van der Waals surface area (Å²) in [5.74, 6) is 3.80. The summed E-state index contributed by atoms with van der Waals surface area (Å²) in [7, 11) is 0. The number of guanidine groups is 1. The summed E-state index contributed by atoms with van der Waals surface area (Å²) in [6, 6.07) is 0. The summed E-state index contributed by atoms with van der Waals surface area (Å²) in [6.07, 6.45) is 6.51. The summed E-state index contributed by atoms with van der Waals surface area (Å²) >= 11 is 2.07. The minimum atomic E-state index is 0.340. The molecule has 2 N–H and O–H groups in total. The summed E-state index contributed by atoms with van der Waals surface area (Å²) in [5.41, 5.74) is 0. The molecule has 5 nitrogen and oxygen atoms in total. The van der Waals surface area contributed by atoms with Crippen LogP contribution in [-0.4, -0.2) is 39.1 Å². The van der Waals surface area contributed by atoms with Crippen molar-refractivity contribution in [1.29, 1.82) is 0 Å². The van der Waals surface area contributed by atoms with Crippen LogP contribution >= 0.6 is 11.8 Å². The maximum atomic E-state index is 4.72. The Morgan fingerprint density at radius 3 is 2.96 bits per heavy atom. The normalized spacial score (nSPS) is 21.9. The van der Waals surface area contributed by atoms with Crippen LogP contribution < -0.4 is 10.6 Å². The molecule has 0 radical (unpaired) electrons. The van der Waals surface area contributed by atoms with Gasteiger partial charge < -0.3 is 15.2 Å². The Bertz CT molecular complexity index is 503. The molecule has 1 atom stereocenters. The van der Waals surface area contributed by atoms with Crippen molar-refractivity contribution < 1.29 is 0 Å². The average molecular weight is 338 g/mol. The Morgan fingerprint density at radius 1 is 1.48 bits per heavy atom. The number of nitrogens with zero attached hydrogens (tertiary/aromatic N) is 3. The lowest BCUT2D eigenvalue weighted by atomic mass is 10.1. The molecule has 0 bridgehead atoms. The molecule has 2 heterocycles. The number of hydrogen-bond donors (Lipinski definition) is 2. The lowest BCUT2D eigenvalue weighted by Gasteiger charge is -2.24. The molecule has 0 amide bonds. The SMILES string of the molecule is CCNC(=NCc1nccn1CC(C)C)NCC1(C)CCCS1. The second-order valence-corrected chi connectivity index (χ2v) is 8.52. The van der Waals surface area contributed by atoms with E-state index in [2.05, 4.69) is 59.6 Å². The zero-order chi connectivity index (χ0) is 16.7. The summed E-state index contributed by atoms with van der Waals surface area (Å²) in [4.78, 5) is 9.17. The van der Waals surface area contributed by atoms with Crippen LogP contribution in [0.5, 0.6) is 0 Å². The number of rotatable bonds is 7. The van der Waals surface area contributed by atoms with Crippen molar-refractivity contribution in [3.63, 3.8) is 0 Å². The fourth-order valence-corrected chi connectivity index (χ4v) is 4.03. The standard InChI is InChI=1S/C17H31N5S/c1-5-18-16(21-13-17(4)7-6-10-23-17)20-11-15-19-8-9-22(15)12-14(2)3/h8-9,14H,5-7,10-13H2,1-4H3,(H2,18,20,21). The summed E-state index contributed by atoms with van der Waals surface area (Å²) in [6.45, 7) is 12.3. The third kappa shape index (κ3) is 5.75. The van der Waals surface area contributed by atoms with Gasteiger partial charge in [-0.3, -0.25) is 0 Å². The highest BCUT2D eigenvalue weighted by molar-refractivity contribution is 8.00. The fourth-order valence-electron chi connectivity index (χ4n) is 2.79. The number of thioether (sulfide) groups is 1. The summed E-state index contributed by atoms with van der Waals surface area (Å²) in [5, 5.41) is 6.85. The fraction of sp³-hybridized carbons (Fsp3) is 0.765. The predicted molar refractivity (Wildman–Crippen MR) is 100.0 cm³/mol. The van der Waals surface area contributed by atoms with E-state index >= 15 is 0 Å². The van der Waals surface area contributed by atoms with Crippen molar-refractivity contribution in [3.8, 4) is 0 Å². The van der Waals surface area contributed by atoms with Crippen LogP contribution in [0.2, 0.25) is 0 Å². The Labute approximate surface area is 144 Å². The molecule has 1 saturated heterocycles. The molecule has 0 aliphatic carbocycles. The van der Waals surface area contributed by atoms with Gasteiger partial charge in [0.25, 0.3) is 0 Å². The highest BCUT2D eigenvalue weighted by Gasteiger charge is 2.29. The van der Waals surface area contributed by atoms with Crippen LogP contribution in [0, 0.1) is 5.92 Å². The van der Waals surface area contributed by atoms with Crippen LogP contribution in [0.4, 0.5) is 0 Å². The minimum absolute atomic E-state index is 0.340. The third-order valence-electron chi connectivity index (χ3n) is 4.02. The molecule has 2 rings (SSSR count). The van der Waals surface area contributed by atoms with Gasteiger partial charge in [-0.2, -0.15) is 11.8 Å². The Balaban J connectivity index is 1.94. The first-order valence-corrected chi connectivity index (χ1v) is 9.67.